The Hall–Kier alpha value is -3.73. The predicted molar refractivity (Wildman–Crippen MR) is 151 cm³/mol. The van der Waals surface area contributed by atoms with Crippen LogP contribution in [0.3, 0.4) is 0 Å². The summed E-state index contributed by atoms with van der Waals surface area (Å²) in [6.07, 6.45) is 12.8. The van der Waals surface area contributed by atoms with Crippen LogP contribution in [-0.2, 0) is 4.74 Å². The third-order valence-corrected chi connectivity index (χ3v) is 8.98. The molecule has 3 aromatic heterocycles. The molecule has 1 spiro atoms. The Labute approximate surface area is 233 Å². The number of fused-ring (bicyclic) bond motifs is 3. The van der Waals surface area contributed by atoms with E-state index in [2.05, 4.69) is 25.2 Å². The van der Waals surface area contributed by atoms with Crippen LogP contribution in [0.25, 0.3) is 11.0 Å². The fourth-order valence-electron chi connectivity index (χ4n) is 7.15. The Morgan fingerprint density at radius 1 is 1.07 bits per heavy atom. The Morgan fingerprint density at radius 3 is 2.55 bits per heavy atom. The molecule has 40 heavy (non-hydrogen) atoms. The van der Waals surface area contributed by atoms with E-state index < -0.39 is 5.60 Å². The van der Waals surface area contributed by atoms with E-state index in [4.69, 9.17) is 9.72 Å². The first-order chi connectivity index (χ1) is 19.4. The number of piperidine rings is 1. The van der Waals surface area contributed by atoms with Gasteiger partial charge in [-0.3, -0.25) is 9.69 Å². The van der Waals surface area contributed by atoms with Crippen molar-refractivity contribution in [2.75, 3.05) is 30.9 Å². The third-order valence-electron chi connectivity index (χ3n) is 8.98. The van der Waals surface area contributed by atoms with E-state index in [9.17, 15) is 9.59 Å². The van der Waals surface area contributed by atoms with Gasteiger partial charge in [-0.1, -0.05) is 19.3 Å². The molecule has 2 amide bonds. The van der Waals surface area contributed by atoms with Crippen LogP contribution >= 0.6 is 0 Å². The molecule has 1 saturated carbocycles. The number of pyridine rings is 1. The predicted octanol–water partition coefficient (Wildman–Crippen LogP) is 4.39. The zero-order chi connectivity index (χ0) is 27.4. The van der Waals surface area contributed by atoms with Crippen LogP contribution in [0.5, 0.6) is 0 Å². The maximum absolute atomic E-state index is 13.0. The molecule has 11 heteroatoms. The second-order valence-electron chi connectivity index (χ2n) is 12.1. The maximum atomic E-state index is 13.0. The lowest BCUT2D eigenvalue weighted by Crippen LogP contribution is -2.50. The Kier molecular flexibility index (Phi) is 6.14. The molecule has 11 nitrogen and oxygen atoms in total. The lowest BCUT2D eigenvalue weighted by molar-refractivity contribution is 0.0161. The Balaban J connectivity index is 1.12. The summed E-state index contributed by atoms with van der Waals surface area (Å²) in [6, 6.07) is 6.72. The van der Waals surface area contributed by atoms with Gasteiger partial charge in [-0.05, 0) is 43.9 Å². The summed E-state index contributed by atoms with van der Waals surface area (Å²) in [5.41, 5.74) is 1.71. The van der Waals surface area contributed by atoms with Crippen LogP contribution in [-0.4, -0.2) is 74.7 Å². The van der Waals surface area contributed by atoms with E-state index in [1.54, 1.807) is 36.3 Å². The highest BCUT2D eigenvalue weighted by atomic mass is 16.6. The molecule has 1 aliphatic carbocycles. The first-order valence-corrected chi connectivity index (χ1v) is 14.5. The molecular formula is C29H36N8O3. The van der Waals surface area contributed by atoms with Gasteiger partial charge in [-0.15, -0.1) is 0 Å². The summed E-state index contributed by atoms with van der Waals surface area (Å²) in [7, 11) is 3.55. The molecule has 3 aromatic rings. The van der Waals surface area contributed by atoms with Crippen molar-refractivity contribution < 1.29 is 14.3 Å². The summed E-state index contributed by atoms with van der Waals surface area (Å²) < 4.78 is 8.07. The summed E-state index contributed by atoms with van der Waals surface area (Å²) in [4.78, 5) is 43.1. The van der Waals surface area contributed by atoms with Crippen LogP contribution in [0.4, 0.5) is 22.2 Å². The van der Waals surface area contributed by atoms with Crippen molar-refractivity contribution in [2.24, 2.45) is 0 Å². The van der Waals surface area contributed by atoms with Crippen LogP contribution < -0.4 is 15.5 Å². The highest BCUT2D eigenvalue weighted by Crippen LogP contribution is 2.42. The average Bonchev–Trinajstić information content (AvgIpc) is 3.61. The van der Waals surface area contributed by atoms with Crippen molar-refractivity contribution >= 4 is 40.5 Å². The molecule has 3 aliphatic heterocycles. The second kappa shape index (κ2) is 9.72. The van der Waals surface area contributed by atoms with E-state index >= 15 is 0 Å². The number of amides is 2. The minimum absolute atomic E-state index is 0.0327. The van der Waals surface area contributed by atoms with Gasteiger partial charge in [0.05, 0.1) is 18.4 Å². The van der Waals surface area contributed by atoms with Crippen LogP contribution in [0.1, 0.15) is 74.3 Å². The first-order valence-electron chi connectivity index (χ1n) is 14.5. The Morgan fingerprint density at radius 2 is 1.85 bits per heavy atom. The first kappa shape index (κ1) is 25.3. The smallest absolute Gasteiger partial charge is 0.415 e. The molecule has 4 aliphatic rings. The average molecular weight is 545 g/mol. The van der Waals surface area contributed by atoms with Crippen LogP contribution in [0, 0.1) is 0 Å². The van der Waals surface area contributed by atoms with Gasteiger partial charge in [-0.25, -0.2) is 14.8 Å². The van der Waals surface area contributed by atoms with Gasteiger partial charge in [0.1, 0.15) is 22.8 Å². The molecule has 4 fully saturated rings. The topological polar surface area (TPSA) is 118 Å². The number of hydrogen-bond acceptors (Lipinski definition) is 8. The molecule has 0 radical (unpaired) electrons. The molecule has 0 unspecified atom stereocenters. The fraction of sp³-hybridized carbons (Fsp3) is 0.552. The number of anilines is 3. The van der Waals surface area contributed by atoms with Crippen molar-refractivity contribution in [3.8, 4) is 0 Å². The lowest BCUT2D eigenvalue weighted by Gasteiger charge is -2.36. The number of rotatable bonds is 5. The van der Waals surface area contributed by atoms with Crippen molar-refractivity contribution in [1.82, 2.24) is 29.7 Å². The van der Waals surface area contributed by atoms with Gasteiger partial charge >= 0.3 is 6.09 Å². The number of nitrogens with zero attached hydrogens (tertiary/aromatic N) is 6. The largest absolute Gasteiger partial charge is 0.441 e. The van der Waals surface area contributed by atoms with Gasteiger partial charge < -0.3 is 24.8 Å². The molecule has 3 atom stereocenters. The molecular weight excluding hydrogens is 508 g/mol. The minimum atomic E-state index is -0.408. The molecule has 2 bridgehead atoms. The summed E-state index contributed by atoms with van der Waals surface area (Å²) in [6.45, 7) is 0.556. The quantitative estimate of drug-likeness (QED) is 0.486. The van der Waals surface area contributed by atoms with Crippen molar-refractivity contribution in [3.63, 3.8) is 0 Å². The molecule has 0 aromatic carbocycles. The number of carbonyl (C=O) groups is 2. The monoisotopic (exact) mass is 544 g/mol. The number of hydrogen-bond donors (Lipinski definition) is 2. The van der Waals surface area contributed by atoms with Crippen molar-refractivity contribution in [3.05, 3.63) is 36.3 Å². The minimum Gasteiger partial charge on any atom is -0.441 e. The van der Waals surface area contributed by atoms with E-state index in [0.29, 0.717) is 41.8 Å². The summed E-state index contributed by atoms with van der Waals surface area (Å²) in [5, 5.41) is 7.68. The van der Waals surface area contributed by atoms with E-state index in [0.717, 1.165) is 62.4 Å². The summed E-state index contributed by atoms with van der Waals surface area (Å²) >= 11 is 0. The highest BCUT2D eigenvalue weighted by Gasteiger charge is 2.52. The Bertz CT molecular complexity index is 1430. The van der Waals surface area contributed by atoms with Gasteiger partial charge in [0, 0.05) is 56.6 Å². The van der Waals surface area contributed by atoms with E-state index in [1.165, 1.54) is 6.42 Å². The SMILES string of the molecule is CN(C)C(=O)c1cc2cnc(Nc3ccc(N4C[C@@]5(C[C@H]6CC[C@@H](C5)N6)OC4=O)cn3)nc2n1C1CCCCC1. The molecule has 6 heterocycles. The normalized spacial score (nSPS) is 26.4. The maximum Gasteiger partial charge on any atom is 0.415 e. The molecule has 7 rings (SSSR count). The van der Waals surface area contributed by atoms with Crippen LogP contribution in [0.2, 0.25) is 0 Å². The second-order valence-corrected chi connectivity index (χ2v) is 12.1. The van der Waals surface area contributed by atoms with E-state index in [1.807, 2.05) is 18.2 Å². The van der Waals surface area contributed by atoms with E-state index in [-0.39, 0.29) is 18.0 Å². The van der Waals surface area contributed by atoms with Crippen molar-refractivity contribution in [2.45, 2.75) is 81.5 Å². The highest BCUT2D eigenvalue weighted by molar-refractivity contribution is 5.98. The van der Waals surface area contributed by atoms with Gasteiger partial charge in [-0.2, -0.15) is 4.98 Å². The third kappa shape index (κ3) is 4.46. The van der Waals surface area contributed by atoms with Crippen LogP contribution in [0.15, 0.2) is 30.6 Å². The number of nitrogens with one attached hydrogen (secondary N) is 2. The fourth-order valence-corrected chi connectivity index (χ4v) is 7.15. The lowest BCUT2D eigenvalue weighted by atomic mass is 9.87. The molecule has 210 valence electrons. The zero-order valence-electron chi connectivity index (χ0n) is 23.1. The standard InChI is InChI=1S/C29H36N8O3/c1-35(2)26(38)23-12-18-15-31-27(34-25(18)37(23)21-6-4-3-5-7-21)33-24-11-10-22(16-30-24)36-17-29(40-28(36)39)13-19-8-9-20(14-29)32-19/h10-12,15-16,19-21,32H,3-9,13-14,17H2,1-2H3,(H,30,31,33,34)/t19-,20+,29+. The van der Waals surface area contributed by atoms with Gasteiger partial charge in [0.15, 0.2) is 0 Å². The number of aromatic nitrogens is 4. The number of carbonyl (C=O) groups excluding carboxylic acids is 2. The molecule has 2 N–H and O–H groups in total. The molecule has 3 saturated heterocycles. The number of ether oxygens (including phenoxy) is 1. The zero-order valence-corrected chi connectivity index (χ0v) is 23.1. The summed E-state index contributed by atoms with van der Waals surface area (Å²) in [5.74, 6) is 0.955. The van der Waals surface area contributed by atoms with Gasteiger partial charge in [0.2, 0.25) is 5.95 Å². The van der Waals surface area contributed by atoms with Crippen molar-refractivity contribution in [1.29, 1.82) is 0 Å². The van der Waals surface area contributed by atoms with Gasteiger partial charge in [0.25, 0.3) is 5.91 Å².